The van der Waals surface area contributed by atoms with Crippen molar-refractivity contribution in [2.24, 2.45) is 21.5 Å². The number of rotatable bonds is 21. The van der Waals surface area contributed by atoms with Crippen molar-refractivity contribution in [2.75, 3.05) is 59.6 Å². The van der Waals surface area contributed by atoms with E-state index in [2.05, 4.69) is 20.6 Å². The van der Waals surface area contributed by atoms with Crippen LogP contribution in [-0.2, 0) is 23.8 Å². The molecule has 0 aromatic heterocycles. The van der Waals surface area contributed by atoms with Gasteiger partial charge >= 0.3 is 12.2 Å². The van der Waals surface area contributed by atoms with E-state index in [9.17, 15) is 19.2 Å². The number of nitrogens with one attached hydrogen (secondary N) is 2. The van der Waals surface area contributed by atoms with E-state index in [0.29, 0.717) is 32.8 Å². The number of unbranched alkanes of at least 4 members (excludes halogenated alkanes) is 7. The Bertz CT molecular complexity index is 601. The first-order valence-corrected chi connectivity index (χ1v) is 12.4. The molecule has 0 aliphatic carbocycles. The first kappa shape index (κ1) is 38.7. The zero-order valence-corrected chi connectivity index (χ0v) is 21.5. The standard InChI is InChI=1S/C14H30N4O5.C9H14N2O2.CH4/c1-21-8-9-22-13(19)17-6-4-2-3-5-7-18-14(20)23-12(10-15)11-16;12-8-10-6-4-2-1-3-5-7-11-9-13;/h12H,2-11,15-16H2,1H3,(H,17,19)(H,18,20);1-7H2;1H4. The van der Waals surface area contributed by atoms with E-state index < -0.39 is 18.3 Å². The molecule has 0 saturated carbocycles. The average Bonchev–Trinajstić information content (AvgIpc) is 2.88. The molecule has 0 heterocycles. The summed E-state index contributed by atoms with van der Waals surface area (Å²) in [6.45, 7) is 3.32. The fraction of sp³-hybridized carbons (Fsp3) is 0.833. The summed E-state index contributed by atoms with van der Waals surface area (Å²) in [4.78, 5) is 48.8. The van der Waals surface area contributed by atoms with Gasteiger partial charge in [0.05, 0.1) is 19.7 Å². The van der Waals surface area contributed by atoms with Gasteiger partial charge in [0.15, 0.2) is 0 Å². The second kappa shape index (κ2) is 33.2. The summed E-state index contributed by atoms with van der Waals surface area (Å²) in [6.07, 6.45) is 10.3. The van der Waals surface area contributed by atoms with Crippen molar-refractivity contribution in [3.8, 4) is 0 Å². The van der Waals surface area contributed by atoms with Gasteiger partial charge in [-0.1, -0.05) is 39.5 Å². The fourth-order valence-electron chi connectivity index (χ4n) is 2.64. The van der Waals surface area contributed by atoms with Crippen LogP contribution < -0.4 is 22.1 Å². The van der Waals surface area contributed by atoms with E-state index in [4.69, 9.17) is 25.7 Å². The highest BCUT2D eigenvalue weighted by Crippen LogP contribution is 2.02. The molecule has 13 nitrogen and oxygen atoms in total. The molecule has 37 heavy (non-hydrogen) atoms. The van der Waals surface area contributed by atoms with Crippen LogP contribution in [0.5, 0.6) is 0 Å². The number of carbonyl (C=O) groups is 2. The first-order chi connectivity index (χ1) is 17.5. The number of methoxy groups -OCH3 is 1. The predicted molar refractivity (Wildman–Crippen MR) is 142 cm³/mol. The largest absolute Gasteiger partial charge is 0.447 e. The molecule has 0 aliphatic heterocycles. The van der Waals surface area contributed by atoms with Crippen molar-refractivity contribution >= 4 is 24.3 Å². The number of aliphatic imine (C=N–C) groups is 2. The molecule has 216 valence electrons. The van der Waals surface area contributed by atoms with Gasteiger partial charge in [-0.2, -0.15) is 0 Å². The second-order valence-corrected chi connectivity index (χ2v) is 7.61. The molecule has 2 amide bonds. The maximum absolute atomic E-state index is 11.4. The molecule has 0 radical (unpaired) electrons. The van der Waals surface area contributed by atoms with Crippen molar-refractivity contribution in [3.63, 3.8) is 0 Å². The first-order valence-electron chi connectivity index (χ1n) is 12.4. The summed E-state index contributed by atoms with van der Waals surface area (Å²) < 4.78 is 14.6. The SMILES string of the molecule is C.COCCOC(=O)NCCCCCCNC(=O)OC(CN)CN.O=C=NCCCCCCCN=C=O. The van der Waals surface area contributed by atoms with Crippen molar-refractivity contribution in [1.29, 1.82) is 0 Å². The van der Waals surface area contributed by atoms with Gasteiger partial charge in [-0.25, -0.2) is 29.2 Å². The van der Waals surface area contributed by atoms with Gasteiger partial charge in [-0.15, -0.1) is 0 Å². The van der Waals surface area contributed by atoms with Crippen LogP contribution in [0, 0.1) is 0 Å². The number of alkyl carbamates (subject to hydrolysis) is 2. The summed E-state index contributed by atoms with van der Waals surface area (Å²) in [7, 11) is 1.55. The summed E-state index contributed by atoms with van der Waals surface area (Å²) in [5, 5.41) is 5.30. The smallest absolute Gasteiger partial charge is 0.407 e. The number of hydrogen-bond donors (Lipinski definition) is 4. The molecule has 0 saturated heterocycles. The van der Waals surface area contributed by atoms with Crippen molar-refractivity contribution in [3.05, 3.63) is 0 Å². The van der Waals surface area contributed by atoms with Crippen molar-refractivity contribution in [1.82, 2.24) is 10.6 Å². The zero-order valence-electron chi connectivity index (χ0n) is 21.5. The Labute approximate surface area is 221 Å². The molecule has 6 N–H and O–H groups in total. The molecule has 0 rings (SSSR count). The van der Waals surface area contributed by atoms with Crippen molar-refractivity contribution in [2.45, 2.75) is 71.3 Å². The van der Waals surface area contributed by atoms with Gasteiger partial charge in [0.25, 0.3) is 0 Å². The number of isocyanates is 2. The van der Waals surface area contributed by atoms with Gasteiger partial charge in [0.1, 0.15) is 12.7 Å². The van der Waals surface area contributed by atoms with E-state index in [1.165, 1.54) is 12.2 Å². The van der Waals surface area contributed by atoms with Crippen LogP contribution in [0.3, 0.4) is 0 Å². The van der Waals surface area contributed by atoms with Gasteiger partial charge in [-0.3, -0.25) is 0 Å². The molecule has 0 fully saturated rings. The topological polar surface area (TPSA) is 197 Å². The quantitative estimate of drug-likeness (QED) is 0.0972. The van der Waals surface area contributed by atoms with Crippen LogP contribution in [0.2, 0.25) is 0 Å². The third-order valence-corrected chi connectivity index (χ3v) is 4.63. The minimum Gasteiger partial charge on any atom is -0.447 e. The van der Waals surface area contributed by atoms with Crippen LogP contribution in [0.15, 0.2) is 9.98 Å². The summed E-state index contributed by atoms with van der Waals surface area (Å²) >= 11 is 0. The molecule has 0 bridgehead atoms. The van der Waals surface area contributed by atoms with Gasteiger partial charge in [0, 0.05) is 33.3 Å². The van der Waals surface area contributed by atoms with E-state index in [1.54, 1.807) is 7.11 Å². The number of nitrogens with zero attached hydrogens (tertiary/aromatic N) is 2. The summed E-state index contributed by atoms with van der Waals surface area (Å²) in [5.74, 6) is 0. The molecule has 0 aromatic rings. The minimum atomic E-state index is -0.494. The Morgan fingerprint density at radius 3 is 1.68 bits per heavy atom. The highest BCUT2D eigenvalue weighted by atomic mass is 16.6. The number of carbonyl (C=O) groups excluding carboxylic acids is 4. The van der Waals surface area contributed by atoms with Crippen LogP contribution in [0.25, 0.3) is 0 Å². The van der Waals surface area contributed by atoms with Crippen LogP contribution >= 0.6 is 0 Å². The zero-order chi connectivity index (χ0) is 27.1. The molecule has 0 unspecified atom stereocenters. The Morgan fingerprint density at radius 2 is 1.22 bits per heavy atom. The summed E-state index contributed by atoms with van der Waals surface area (Å²) in [6, 6.07) is 0. The predicted octanol–water partition coefficient (Wildman–Crippen LogP) is 2.18. The molecule has 0 aromatic carbocycles. The van der Waals surface area contributed by atoms with Crippen LogP contribution in [0.1, 0.15) is 65.2 Å². The Hall–Kier alpha value is -2.82. The van der Waals surface area contributed by atoms with E-state index >= 15 is 0 Å². The number of ether oxygens (including phenoxy) is 3. The molecular formula is C24H48N6O7. The lowest BCUT2D eigenvalue weighted by Crippen LogP contribution is -2.37. The highest BCUT2D eigenvalue weighted by molar-refractivity contribution is 5.67. The van der Waals surface area contributed by atoms with Crippen LogP contribution in [0.4, 0.5) is 9.59 Å². The average molecular weight is 533 g/mol. The lowest BCUT2D eigenvalue weighted by molar-refractivity contribution is 0.0984. The highest BCUT2D eigenvalue weighted by Gasteiger charge is 2.09. The maximum Gasteiger partial charge on any atom is 0.407 e. The third kappa shape index (κ3) is 33.2. The van der Waals surface area contributed by atoms with Gasteiger partial charge in [0.2, 0.25) is 12.2 Å². The lowest BCUT2D eigenvalue weighted by atomic mass is 10.1. The van der Waals surface area contributed by atoms with E-state index in [0.717, 1.165) is 57.8 Å². The van der Waals surface area contributed by atoms with Crippen molar-refractivity contribution < 1.29 is 33.4 Å². The maximum atomic E-state index is 11.4. The summed E-state index contributed by atoms with van der Waals surface area (Å²) in [5.41, 5.74) is 10.8. The molecule has 0 atom stereocenters. The molecule has 0 aliphatic rings. The Kier molecular flexibility index (Phi) is 34.7. The lowest BCUT2D eigenvalue weighted by Gasteiger charge is -2.14. The number of nitrogens with two attached hydrogens (primary N) is 2. The van der Waals surface area contributed by atoms with Gasteiger partial charge < -0.3 is 36.3 Å². The second-order valence-electron chi connectivity index (χ2n) is 7.61. The number of amides is 2. The van der Waals surface area contributed by atoms with Gasteiger partial charge in [-0.05, 0) is 25.7 Å². The monoisotopic (exact) mass is 532 g/mol. The molecule has 13 heteroatoms. The number of hydrogen-bond acceptors (Lipinski definition) is 11. The Balaban J connectivity index is -0.000000704. The Morgan fingerprint density at radius 1 is 0.757 bits per heavy atom. The van der Waals surface area contributed by atoms with E-state index in [1.807, 2.05) is 0 Å². The minimum absolute atomic E-state index is 0. The normalized spacial score (nSPS) is 9.51. The third-order valence-electron chi connectivity index (χ3n) is 4.63. The molecule has 0 spiro atoms. The van der Waals surface area contributed by atoms with E-state index in [-0.39, 0.29) is 27.1 Å². The van der Waals surface area contributed by atoms with Crippen LogP contribution in [-0.4, -0.2) is 90.0 Å². The fourth-order valence-corrected chi connectivity index (χ4v) is 2.64. The molecular weight excluding hydrogens is 484 g/mol.